The zero-order valence-electron chi connectivity index (χ0n) is 11.0. The first kappa shape index (κ1) is 13.4. The number of anilines is 1. The highest BCUT2D eigenvalue weighted by atomic mass is 19.1. The van der Waals surface area contributed by atoms with Gasteiger partial charge in [0.1, 0.15) is 18.2 Å². The second kappa shape index (κ2) is 5.84. The van der Waals surface area contributed by atoms with Crippen LogP contribution in [-0.2, 0) is 9.53 Å². The van der Waals surface area contributed by atoms with E-state index < -0.39 is 0 Å². The summed E-state index contributed by atoms with van der Waals surface area (Å²) in [6.07, 6.45) is 3.02. The Balaban J connectivity index is 1.71. The molecular formula is C14H12FN3O3. The van der Waals surface area contributed by atoms with Gasteiger partial charge >= 0.3 is 6.01 Å². The van der Waals surface area contributed by atoms with E-state index in [1.165, 1.54) is 36.7 Å². The molecular weight excluding hydrogens is 277 g/mol. The first-order chi connectivity index (χ1) is 10.2. The Labute approximate surface area is 120 Å². The number of nitrogens with zero attached hydrogens (tertiary/aromatic N) is 3. The quantitative estimate of drug-likeness (QED) is 0.861. The molecule has 21 heavy (non-hydrogen) atoms. The Hall–Kier alpha value is -2.54. The molecule has 1 aromatic heterocycles. The maximum Gasteiger partial charge on any atom is 0.322 e. The van der Waals surface area contributed by atoms with Gasteiger partial charge in [-0.05, 0) is 24.3 Å². The predicted octanol–water partition coefficient (Wildman–Crippen LogP) is 1.77. The number of rotatable bonds is 3. The van der Waals surface area contributed by atoms with E-state index in [9.17, 15) is 9.18 Å². The summed E-state index contributed by atoms with van der Waals surface area (Å²) in [7, 11) is 0. The molecule has 1 saturated heterocycles. The largest absolute Gasteiger partial charge is 0.424 e. The molecule has 108 valence electrons. The number of carbonyl (C=O) groups excluding carboxylic acids is 1. The van der Waals surface area contributed by atoms with E-state index in [1.807, 2.05) is 0 Å². The van der Waals surface area contributed by atoms with Gasteiger partial charge < -0.3 is 14.4 Å². The van der Waals surface area contributed by atoms with Crippen molar-refractivity contribution in [3.8, 4) is 11.8 Å². The lowest BCUT2D eigenvalue weighted by atomic mass is 10.3. The number of hydrogen-bond acceptors (Lipinski definition) is 5. The predicted molar refractivity (Wildman–Crippen MR) is 71.7 cm³/mol. The molecule has 1 aliphatic heterocycles. The van der Waals surface area contributed by atoms with Crippen LogP contribution in [0.5, 0.6) is 11.8 Å². The van der Waals surface area contributed by atoms with Crippen molar-refractivity contribution in [2.45, 2.75) is 0 Å². The van der Waals surface area contributed by atoms with Crippen molar-refractivity contribution in [2.75, 3.05) is 24.7 Å². The number of benzene rings is 1. The molecule has 3 rings (SSSR count). The molecule has 0 bridgehead atoms. The van der Waals surface area contributed by atoms with Gasteiger partial charge in [-0.3, -0.25) is 4.79 Å². The molecule has 0 aliphatic carbocycles. The Morgan fingerprint density at radius 2 is 1.90 bits per heavy atom. The Kier molecular flexibility index (Phi) is 3.74. The minimum absolute atomic E-state index is 0.0633. The third-order valence-corrected chi connectivity index (χ3v) is 2.93. The zero-order chi connectivity index (χ0) is 14.7. The summed E-state index contributed by atoms with van der Waals surface area (Å²) in [6, 6.07) is 5.67. The summed E-state index contributed by atoms with van der Waals surface area (Å²) < 4.78 is 23.2. The van der Waals surface area contributed by atoms with E-state index in [0.29, 0.717) is 24.6 Å². The van der Waals surface area contributed by atoms with Crippen LogP contribution in [0.4, 0.5) is 10.1 Å². The van der Waals surface area contributed by atoms with E-state index in [2.05, 4.69) is 9.97 Å². The van der Waals surface area contributed by atoms with Crippen LogP contribution in [0.2, 0.25) is 0 Å². The first-order valence-corrected chi connectivity index (χ1v) is 6.36. The monoisotopic (exact) mass is 289 g/mol. The summed E-state index contributed by atoms with van der Waals surface area (Å²) in [5.41, 5.74) is 0.592. The highest BCUT2D eigenvalue weighted by molar-refractivity contribution is 5.94. The highest BCUT2D eigenvalue weighted by Crippen LogP contribution is 2.20. The van der Waals surface area contributed by atoms with E-state index >= 15 is 0 Å². The van der Waals surface area contributed by atoms with Crippen LogP contribution < -0.4 is 9.64 Å². The molecule has 0 N–H and O–H groups in total. The van der Waals surface area contributed by atoms with Gasteiger partial charge in [-0.25, -0.2) is 14.4 Å². The maximum absolute atomic E-state index is 12.8. The zero-order valence-corrected chi connectivity index (χ0v) is 11.0. The second-order valence-electron chi connectivity index (χ2n) is 4.38. The number of amides is 1. The summed E-state index contributed by atoms with van der Waals surface area (Å²) in [4.78, 5) is 21.3. The normalized spacial score (nSPS) is 15.1. The van der Waals surface area contributed by atoms with Crippen molar-refractivity contribution < 1.29 is 18.7 Å². The molecule has 2 heterocycles. The van der Waals surface area contributed by atoms with Crippen LogP contribution >= 0.6 is 0 Å². The lowest BCUT2D eigenvalue weighted by Gasteiger charge is -2.26. The maximum atomic E-state index is 12.8. The Morgan fingerprint density at radius 3 is 2.57 bits per heavy atom. The summed E-state index contributed by atoms with van der Waals surface area (Å²) in [6.45, 7) is 1.02. The standard InChI is InChI=1S/C14H12FN3O3/c15-10-1-3-12(4-2-10)21-14-16-7-11(8-17-14)18-5-6-20-9-13(18)19/h1-4,7-8H,5-6,9H2. The van der Waals surface area contributed by atoms with Gasteiger partial charge in [0.2, 0.25) is 0 Å². The molecule has 0 atom stereocenters. The van der Waals surface area contributed by atoms with Crippen LogP contribution in [0.3, 0.4) is 0 Å². The fourth-order valence-electron chi connectivity index (χ4n) is 1.90. The second-order valence-corrected chi connectivity index (χ2v) is 4.38. The van der Waals surface area contributed by atoms with Crippen molar-refractivity contribution in [2.24, 2.45) is 0 Å². The smallest absolute Gasteiger partial charge is 0.322 e. The van der Waals surface area contributed by atoms with Crippen molar-refractivity contribution >= 4 is 11.6 Å². The molecule has 0 spiro atoms. The minimum Gasteiger partial charge on any atom is -0.424 e. The van der Waals surface area contributed by atoms with E-state index in [4.69, 9.17) is 9.47 Å². The SMILES string of the molecule is O=C1COCCN1c1cnc(Oc2ccc(F)cc2)nc1. The molecule has 0 saturated carbocycles. The minimum atomic E-state index is -0.343. The Bertz CT molecular complexity index is 631. The molecule has 7 heteroatoms. The molecule has 1 aromatic carbocycles. The van der Waals surface area contributed by atoms with Crippen molar-refractivity contribution in [1.82, 2.24) is 9.97 Å². The van der Waals surface area contributed by atoms with Crippen LogP contribution in [-0.4, -0.2) is 35.6 Å². The number of carbonyl (C=O) groups is 1. The molecule has 0 unspecified atom stereocenters. The molecule has 1 aliphatic rings. The first-order valence-electron chi connectivity index (χ1n) is 6.36. The third-order valence-electron chi connectivity index (χ3n) is 2.93. The third kappa shape index (κ3) is 3.14. The molecule has 1 amide bonds. The summed E-state index contributed by atoms with van der Waals surface area (Å²) in [5, 5.41) is 0. The fraction of sp³-hybridized carbons (Fsp3) is 0.214. The van der Waals surface area contributed by atoms with Crippen molar-refractivity contribution in [3.63, 3.8) is 0 Å². The van der Waals surface area contributed by atoms with Crippen LogP contribution in [0.15, 0.2) is 36.7 Å². The van der Waals surface area contributed by atoms with Gasteiger partial charge in [0, 0.05) is 6.54 Å². The van der Waals surface area contributed by atoms with Gasteiger partial charge in [0.25, 0.3) is 5.91 Å². The number of aromatic nitrogens is 2. The van der Waals surface area contributed by atoms with Crippen LogP contribution in [0.25, 0.3) is 0 Å². The molecule has 2 aromatic rings. The number of halogens is 1. The van der Waals surface area contributed by atoms with Gasteiger partial charge in [-0.2, -0.15) is 0 Å². The van der Waals surface area contributed by atoms with Gasteiger partial charge in [-0.1, -0.05) is 0 Å². The average Bonchev–Trinajstić information content (AvgIpc) is 2.51. The molecule has 1 fully saturated rings. The summed E-state index contributed by atoms with van der Waals surface area (Å²) in [5.74, 6) is -0.0342. The number of morpholine rings is 1. The lowest BCUT2D eigenvalue weighted by Crippen LogP contribution is -2.41. The van der Waals surface area contributed by atoms with Crippen molar-refractivity contribution in [1.29, 1.82) is 0 Å². The van der Waals surface area contributed by atoms with Crippen LogP contribution in [0, 0.1) is 5.82 Å². The van der Waals surface area contributed by atoms with Crippen molar-refractivity contribution in [3.05, 3.63) is 42.5 Å². The van der Waals surface area contributed by atoms with E-state index in [-0.39, 0.29) is 24.3 Å². The van der Waals surface area contributed by atoms with E-state index in [0.717, 1.165) is 0 Å². The average molecular weight is 289 g/mol. The van der Waals surface area contributed by atoms with Gasteiger partial charge in [0.15, 0.2) is 0 Å². The number of hydrogen-bond donors (Lipinski definition) is 0. The topological polar surface area (TPSA) is 64.5 Å². The van der Waals surface area contributed by atoms with Gasteiger partial charge in [-0.15, -0.1) is 0 Å². The highest BCUT2D eigenvalue weighted by Gasteiger charge is 2.20. The number of ether oxygens (including phenoxy) is 2. The fourth-order valence-corrected chi connectivity index (χ4v) is 1.90. The van der Waals surface area contributed by atoms with Gasteiger partial charge in [0.05, 0.1) is 24.7 Å². The lowest BCUT2D eigenvalue weighted by molar-refractivity contribution is -0.125. The van der Waals surface area contributed by atoms with E-state index in [1.54, 1.807) is 4.90 Å². The van der Waals surface area contributed by atoms with Crippen LogP contribution in [0.1, 0.15) is 0 Å². The summed E-state index contributed by atoms with van der Waals surface area (Å²) >= 11 is 0. The molecule has 0 radical (unpaired) electrons. The Morgan fingerprint density at radius 1 is 1.19 bits per heavy atom. The molecule has 6 nitrogen and oxygen atoms in total.